The lowest BCUT2D eigenvalue weighted by Gasteiger charge is -2.15. The van der Waals surface area contributed by atoms with Crippen molar-refractivity contribution in [1.82, 2.24) is 10.4 Å². The van der Waals surface area contributed by atoms with E-state index in [2.05, 4.69) is 10.4 Å². The molecule has 5 N–H and O–H groups in total. The molecule has 76 valence electrons. The zero-order valence-corrected chi connectivity index (χ0v) is 8.11. The molecule has 1 aromatic heterocycles. The van der Waals surface area contributed by atoms with Crippen LogP contribution in [0.15, 0.2) is 18.3 Å². The van der Waals surface area contributed by atoms with Gasteiger partial charge in [0, 0.05) is 12.2 Å². The molecular formula is C10H16N4. The Kier molecular flexibility index (Phi) is 2.65. The smallest absolute Gasteiger partial charge is 0.126 e. The van der Waals surface area contributed by atoms with Crippen LogP contribution in [0.1, 0.15) is 18.4 Å². The van der Waals surface area contributed by atoms with Gasteiger partial charge in [0.15, 0.2) is 0 Å². The van der Waals surface area contributed by atoms with E-state index in [1.807, 2.05) is 12.1 Å². The molecule has 1 saturated carbocycles. The van der Waals surface area contributed by atoms with E-state index in [1.165, 1.54) is 12.8 Å². The molecule has 0 bridgehead atoms. The number of hydrogen-bond acceptors (Lipinski definition) is 4. The van der Waals surface area contributed by atoms with E-state index in [4.69, 9.17) is 11.6 Å². The van der Waals surface area contributed by atoms with Crippen LogP contribution in [0.3, 0.4) is 0 Å². The highest BCUT2D eigenvalue weighted by Crippen LogP contribution is 2.34. The first-order valence-corrected chi connectivity index (χ1v) is 4.96. The maximum atomic E-state index is 5.76. The molecular weight excluding hydrogens is 176 g/mol. The minimum absolute atomic E-state index is 0.349. The van der Waals surface area contributed by atoms with Gasteiger partial charge in [-0.15, -0.1) is 0 Å². The van der Waals surface area contributed by atoms with Gasteiger partial charge in [-0.05, 0) is 36.8 Å². The summed E-state index contributed by atoms with van der Waals surface area (Å²) in [5.41, 5.74) is 9.71. The van der Waals surface area contributed by atoms with Crippen molar-refractivity contribution in [1.29, 1.82) is 0 Å². The van der Waals surface area contributed by atoms with Gasteiger partial charge >= 0.3 is 0 Å². The van der Waals surface area contributed by atoms with Gasteiger partial charge in [-0.1, -0.05) is 6.07 Å². The summed E-state index contributed by atoms with van der Waals surface area (Å²) in [5, 5.41) is 0. The molecule has 1 aromatic rings. The number of nitrogen functional groups attached to an aromatic ring is 1. The summed E-state index contributed by atoms with van der Waals surface area (Å²) in [4.78, 5) is 4.06. The lowest BCUT2D eigenvalue weighted by molar-refractivity contribution is 0.472. The minimum Gasteiger partial charge on any atom is -0.383 e. The molecule has 14 heavy (non-hydrogen) atoms. The van der Waals surface area contributed by atoms with Gasteiger partial charge < -0.3 is 5.73 Å². The lowest BCUT2D eigenvalue weighted by atomic mass is 10.0. The van der Waals surface area contributed by atoms with Crippen LogP contribution in [0.2, 0.25) is 0 Å². The molecule has 1 atom stereocenters. The van der Waals surface area contributed by atoms with Gasteiger partial charge in [-0.3, -0.25) is 11.3 Å². The fraction of sp³-hybridized carbons (Fsp3) is 0.500. The molecule has 1 aliphatic rings. The Balaban J connectivity index is 2.04. The van der Waals surface area contributed by atoms with Crippen molar-refractivity contribution < 1.29 is 0 Å². The number of nitrogens with two attached hydrogens (primary N) is 2. The predicted octanol–water partition coefficient (Wildman–Crippen LogP) is 0.448. The molecule has 1 fully saturated rings. The Morgan fingerprint density at radius 3 is 2.93 bits per heavy atom. The molecule has 0 spiro atoms. The molecule has 4 nitrogen and oxygen atoms in total. The second-order valence-electron chi connectivity index (χ2n) is 3.86. The van der Waals surface area contributed by atoms with Crippen LogP contribution in [0, 0.1) is 5.92 Å². The number of anilines is 1. The van der Waals surface area contributed by atoms with Crippen LogP contribution >= 0.6 is 0 Å². The van der Waals surface area contributed by atoms with Gasteiger partial charge in [0.2, 0.25) is 0 Å². The van der Waals surface area contributed by atoms with E-state index < -0.39 is 0 Å². The Morgan fingerprint density at radius 1 is 1.57 bits per heavy atom. The van der Waals surface area contributed by atoms with E-state index in [0.717, 1.165) is 17.9 Å². The topological polar surface area (TPSA) is 77.0 Å². The Morgan fingerprint density at radius 2 is 2.36 bits per heavy atom. The zero-order chi connectivity index (χ0) is 9.97. The zero-order valence-electron chi connectivity index (χ0n) is 8.11. The monoisotopic (exact) mass is 192 g/mol. The largest absolute Gasteiger partial charge is 0.383 e. The second kappa shape index (κ2) is 3.94. The fourth-order valence-corrected chi connectivity index (χ4v) is 1.72. The van der Waals surface area contributed by atoms with Crippen molar-refractivity contribution >= 4 is 5.82 Å². The van der Waals surface area contributed by atoms with Crippen molar-refractivity contribution in [3.05, 3.63) is 23.9 Å². The summed E-state index contributed by atoms with van der Waals surface area (Å²) in [6.07, 6.45) is 5.13. The van der Waals surface area contributed by atoms with Crippen LogP contribution in [-0.2, 0) is 6.42 Å². The Bertz CT molecular complexity index is 309. The highest BCUT2D eigenvalue weighted by Gasteiger charge is 2.30. The van der Waals surface area contributed by atoms with Gasteiger partial charge in [-0.2, -0.15) is 0 Å². The average molecular weight is 192 g/mol. The standard InChI is InChI=1S/C10H16N4/c11-10-8(2-1-5-13-10)6-9(14-12)7-3-4-7/h1-2,5,7,9,14H,3-4,6,12H2,(H2,11,13). The first kappa shape index (κ1) is 9.43. The molecule has 1 heterocycles. The molecule has 4 heteroatoms. The highest BCUT2D eigenvalue weighted by atomic mass is 15.2. The third-order valence-electron chi connectivity index (χ3n) is 2.77. The number of nitrogens with one attached hydrogen (secondary N) is 1. The van der Waals surface area contributed by atoms with E-state index in [1.54, 1.807) is 6.20 Å². The molecule has 0 radical (unpaired) electrons. The molecule has 0 aliphatic heterocycles. The van der Waals surface area contributed by atoms with Crippen LogP contribution in [0.4, 0.5) is 5.82 Å². The van der Waals surface area contributed by atoms with Gasteiger partial charge in [0.1, 0.15) is 5.82 Å². The molecule has 0 saturated heterocycles. The summed E-state index contributed by atoms with van der Waals surface area (Å²) in [5.74, 6) is 6.84. The first-order chi connectivity index (χ1) is 6.81. The van der Waals surface area contributed by atoms with Gasteiger partial charge in [0.25, 0.3) is 0 Å². The van der Waals surface area contributed by atoms with E-state index in [-0.39, 0.29) is 0 Å². The minimum atomic E-state index is 0.349. The van der Waals surface area contributed by atoms with Crippen LogP contribution in [0.5, 0.6) is 0 Å². The van der Waals surface area contributed by atoms with Crippen LogP contribution in [0.25, 0.3) is 0 Å². The van der Waals surface area contributed by atoms with Crippen molar-refractivity contribution in [2.45, 2.75) is 25.3 Å². The number of rotatable bonds is 4. The molecule has 0 amide bonds. The normalized spacial score (nSPS) is 18.1. The molecule has 1 aliphatic carbocycles. The molecule has 1 unspecified atom stereocenters. The third-order valence-corrected chi connectivity index (χ3v) is 2.77. The SMILES string of the molecule is NNC(Cc1cccnc1N)C1CC1. The van der Waals surface area contributed by atoms with Crippen molar-refractivity contribution in [3.8, 4) is 0 Å². The molecule has 0 aromatic carbocycles. The second-order valence-corrected chi connectivity index (χ2v) is 3.86. The van der Waals surface area contributed by atoms with Crippen molar-refractivity contribution in [3.63, 3.8) is 0 Å². The summed E-state index contributed by atoms with van der Waals surface area (Å²) < 4.78 is 0. The summed E-state index contributed by atoms with van der Waals surface area (Å²) in [6, 6.07) is 4.27. The quantitative estimate of drug-likeness (QED) is 0.478. The van der Waals surface area contributed by atoms with Crippen molar-refractivity contribution in [2.24, 2.45) is 11.8 Å². The van der Waals surface area contributed by atoms with E-state index in [9.17, 15) is 0 Å². The maximum absolute atomic E-state index is 5.76. The average Bonchev–Trinajstić information content (AvgIpc) is 3.00. The number of hydrazine groups is 1. The van der Waals surface area contributed by atoms with Crippen molar-refractivity contribution in [2.75, 3.05) is 5.73 Å². The van der Waals surface area contributed by atoms with Gasteiger partial charge in [0.05, 0.1) is 0 Å². The summed E-state index contributed by atoms with van der Waals surface area (Å²) in [6.45, 7) is 0. The van der Waals surface area contributed by atoms with E-state index in [0.29, 0.717) is 11.9 Å². The van der Waals surface area contributed by atoms with E-state index >= 15 is 0 Å². The maximum Gasteiger partial charge on any atom is 0.126 e. The Hall–Kier alpha value is -1.13. The summed E-state index contributed by atoms with van der Waals surface area (Å²) >= 11 is 0. The number of hydrogen-bond donors (Lipinski definition) is 3. The van der Waals surface area contributed by atoms with Gasteiger partial charge in [-0.25, -0.2) is 4.98 Å². The molecule has 2 rings (SSSR count). The number of nitrogens with zero attached hydrogens (tertiary/aromatic N) is 1. The predicted molar refractivity (Wildman–Crippen MR) is 56.2 cm³/mol. The summed E-state index contributed by atoms with van der Waals surface area (Å²) in [7, 11) is 0. The van der Waals surface area contributed by atoms with Crippen LogP contribution in [-0.4, -0.2) is 11.0 Å². The number of pyridine rings is 1. The number of aromatic nitrogens is 1. The fourth-order valence-electron chi connectivity index (χ4n) is 1.72. The Labute approximate surface area is 83.7 Å². The lowest BCUT2D eigenvalue weighted by Crippen LogP contribution is -2.38. The highest BCUT2D eigenvalue weighted by molar-refractivity contribution is 5.39. The third kappa shape index (κ3) is 2.02. The first-order valence-electron chi connectivity index (χ1n) is 4.96. The van der Waals surface area contributed by atoms with Crippen LogP contribution < -0.4 is 17.0 Å².